The molecule has 1 N–H and O–H groups in total. The molecule has 2 amide bonds. The van der Waals surface area contributed by atoms with Crippen molar-refractivity contribution in [3.05, 3.63) is 11.9 Å². The summed E-state index contributed by atoms with van der Waals surface area (Å²) in [6, 6.07) is 0. The van der Waals surface area contributed by atoms with Gasteiger partial charge in [0.1, 0.15) is 0 Å². The summed E-state index contributed by atoms with van der Waals surface area (Å²) in [5.41, 5.74) is 1.94. The number of hydrogen-bond donors (Lipinski definition) is 1. The van der Waals surface area contributed by atoms with Gasteiger partial charge in [-0.15, -0.1) is 0 Å². The highest BCUT2D eigenvalue weighted by Gasteiger charge is 2.41. The van der Waals surface area contributed by atoms with E-state index in [1.807, 2.05) is 18.9 Å². The Hall–Kier alpha value is -1.93. The first-order valence-corrected chi connectivity index (χ1v) is 10.8. The molecule has 1 aromatic rings. The van der Waals surface area contributed by atoms with Crippen LogP contribution in [0, 0.1) is 12.3 Å². The molecule has 0 unspecified atom stereocenters. The Morgan fingerprint density at radius 3 is 2.79 bits per heavy atom. The molecule has 1 atom stereocenters. The van der Waals surface area contributed by atoms with Gasteiger partial charge in [-0.1, -0.05) is 0 Å². The van der Waals surface area contributed by atoms with Crippen LogP contribution in [0.25, 0.3) is 0 Å². The summed E-state index contributed by atoms with van der Waals surface area (Å²) in [6.07, 6.45) is 7.79. The second-order valence-electron chi connectivity index (χ2n) is 9.00. The molecule has 3 fully saturated rings. The molecule has 4 heterocycles. The zero-order valence-corrected chi connectivity index (χ0v) is 17.7. The lowest BCUT2D eigenvalue weighted by molar-refractivity contribution is -0.141. The number of anilines is 1. The lowest BCUT2D eigenvalue weighted by Gasteiger charge is -2.47. The number of carbonyl (C=O) groups is 2. The smallest absolute Gasteiger partial charge is 0.238 e. The predicted molar refractivity (Wildman–Crippen MR) is 109 cm³/mol. The lowest BCUT2D eigenvalue weighted by Crippen LogP contribution is -2.53. The number of ether oxygens (including phenoxy) is 1. The van der Waals surface area contributed by atoms with Crippen LogP contribution in [-0.4, -0.2) is 76.8 Å². The van der Waals surface area contributed by atoms with E-state index in [-0.39, 0.29) is 23.3 Å². The van der Waals surface area contributed by atoms with Gasteiger partial charge in [0, 0.05) is 33.2 Å². The molecular formula is C21H33N5O3. The fourth-order valence-electron chi connectivity index (χ4n) is 4.91. The van der Waals surface area contributed by atoms with Gasteiger partial charge in [-0.3, -0.25) is 19.2 Å². The van der Waals surface area contributed by atoms with Gasteiger partial charge in [0.25, 0.3) is 0 Å². The molecular weight excluding hydrogens is 370 g/mol. The Labute approximate surface area is 172 Å². The molecule has 4 rings (SSSR count). The van der Waals surface area contributed by atoms with E-state index in [0.717, 1.165) is 76.3 Å². The minimum atomic E-state index is 0.0101. The molecule has 1 spiro atoms. The van der Waals surface area contributed by atoms with Crippen LogP contribution in [0.2, 0.25) is 0 Å². The molecule has 0 radical (unpaired) electrons. The van der Waals surface area contributed by atoms with Crippen molar-refractivity contribution in [3.63, 3.8) is 0 Å². The SMILES string of the molecule is Cc1c(NC(=O)CN2CCC3(CCC(=O)N(C[C@@H]4CCCO4)C3)CC2)cnn1C. The quantitative estimate of drug-likeness (QED) is 0.807. The maximum Gasteiger partial charge on any atom is 0.238 e. The minimum Gasteiger partial charge on any atom is -0.376 e. The Morgan fingerprint density at radius 1 is 1.34 bits per heavy atom. The highest BCUT2D eigenvalue weighted by Crippen LogP contribution is 2.40. The van der Waals surface area contributed by atoms with Gasteiger partial charge >= 0.3 is 0 Å². The number of hydrogen-bond acceptors (Lipinski definition) is 5. The number of nitrogens with one attached hydrogen (secondary N) is 1. The van der Waals surface area contributed by atoms with Gasteiger partial charge in [-0.25, -0.2) is 0 Å². The lowest BCUT2D eigenvalue weighted by atomic mass is 9.72. The van der Waals surface area contributed by atoms with E-state index in [4.69, 9.17) is 4.74 Å². The van der Waals surface area contributed by atoms with Gasteiger partial charge in [-0.2, -0.15) is 5.10 Å². The summed E-state index contributed by atoms with van der Waals surface area (Å²) in [5, 5.41) is 7.14. The first-order chi connectivity index (χ1) is 13.9. The zero-order valence-electron chi connectivity index (χ0n) is 17.7. The number of piperidine rings is 2. The Bertz CT molecular complexity index is 747. The topological polar surface area (TPSA) is 79.7 Å². The Morgan fingerprint density at radius 2 is 2.14 bits per heavy atom. The largest absolute Gasteiger partial charge is 0.376 e. The molecule has 3 saturated heterocycles. The monoisotopic (exact) mass is 403 g/mol. The van der Waals surface area contributed by atoms with Crippen molar-refractivity contribution in [2.24, 2.45) is 12.5 Å². The second kappa shape index (κ2) is 8.44. The van der Waals surface area contributed by atoms with Crippen molar-refractivity contribution in [2.75, 3.05) is 44.6 Å². The van der Waals surface area contributed by atoms with Crippen molar-refractivity contribution in [2.45, 2.75) is 51.6 Å². The Kier molecular flexibility index (Phi) is 5.92. The summed E-state index contributed by atoms with van der Waals surface area (Å²) < 4.78 is 7.50. The first-order valence-electron chi connectivity index (χ1n) is 10.8. The van der Waals surface area contributed by atoms with Crippen LogP contribution < -0.4 is 5.32 Å². The van der Waals surface area contributed by atoms with Gasteiger partial charge in [-0.05, 0) is 57.5 Å². The molecule has 0 bridgehead atoms. The van der Waals surface area contributed by atoms with E-state index in [1.165, 1.54) is 0 Å². The average Bonchev–Trinajstić information content (AvgIpc) is 3.32. The predicted octanol–water partition coefficient (Wildman–Crippen LogP) is 1.55. The van der Waals surface area contributed by atoms with E-state index in [0.29, 0.717) is 13.0 Å². The summed E-state index contributed by atoms with van der Waals surface area (Å²) in [4.78, 5) is 29.1. The molecule has 1 aromatic heterocycles. The number of likely N-dealkylation sites (tertiary alicyclic amines) is 2. The van der Waals surface area contributed by atoms with E-state index in [9.17, 15) is 9.59 Å². The van der Waals surface area contributed by atoms with Crippen molar-refractivity contribution in [1.82, 2.24) is 19.6 Å². The van der Waals surface area contributed by atoms with Crippen molar-refractivity contribution >= 4 is 17.5 Å². The van der Waals surface area contributed by atoms with Crippen molar-refractivity contribution < 1.29 is 14.3 Å². The molecule has 8 nitrogen and oxygen atoms in total. The molecule has 0 aromatic carbocycles. The molecule has 3 aliphatic heterocycles. The molecule has 29 heavy (non-hydrogen) atoms. The van der Waals surface area contributed by atoms with Crippen LogP contribution in [0.5, 0.6) is 0 Å². The van der Waals surface area contributed by atoms with Crippen LogP contribution in [0.1, 0.15) is 44.2 Å². The van der Waals surface area contributed by atoms with Crippen LogP contribution in [0.15, 0.2) is 6.20 Å². The number of carbonyl (C=O) groups excluding carboxylic acids is 2. The highest BCUT2D eigenvalue weighted by molar-refractivity contribution is 5.92. The standard InChI is InChI=1S/C21H33N5O3/c1-16-18(12-22-24(16)2)23-19(27)14-25-9-7-21(8-10-25)6-5-20(28)26(15-21)13-17-4-3-11-29-17/h12,17H,3-11,13-15H2,1-2H3,(H,23,27)/t17-/m0/s1. The van der Waals surface area contributed by atoms with Gasteiger partial charge in [0.15, 0.2) is 0 Å². The summed E-state index contributed by atoms with van der Waals surface area (Å²) in [5.74, 6) is 0.288. The van der Waals surface area contributed by atoms with E-state index in [1.54, 1.807) is 10.9 Å². The summed E-state index contributed by atoms with van der Waals surface area (Å²) in [6.45, 7) is 6.58. The van der Waals surface area contributed by atoms with E-state index < -0.39 is 0 Å². The molecule has 3 aliphatic rings. The second-order valence-corrected chi connectivity index (χ2v) is 9.00. The van der Waals surface area contributed by atoms with Crippen LogP contribution in [0.3, 0.4) is 0 Å². The average molecular weight is 404 g/mol. The minimum absolute atomic E-state index is 0.0101. The molecule has 160 valence electrons. The fraction of sp³-hybridized carbons (Fsp3) is 0.762. The molecule has 0 aliphatic carbocycles. The van der Waals surface area contributed by atoms with Gasteiger partial charge < -0.3 is 15.0 Å². The third kappa shape index (κ3) is 4.64. The van der Waals surface area contributed by atoms with Crippen molar-refractivity contribution in [1.29, 1.82) is 0 Å². The Balaban J connectivity index is 1.27. The number of aryl methyl sites for hydroxylation is 1. The highest BCUT2D eigenvalue weighted by atomic mass is 16.5. The first kappa shape index (κ1) is 20.3. The number of rotatable bonds is 5. The van der Waals surface area contributed by atoms with Crippen molar-refractivity contribution in [3.8, 4) is 0 Å². The van der Waals surface area contributed by atoms with Crippen LogP contribution in [-0.2, 0) is 21.4 Å². The summed E-state index contributed by atoms with van der Waals surface area (Å²) in [7, 11) is 1.87. The van der Waals surface area contributed by atoms with E-state index >= 15 is 0 Å². The van der Waals surface area contributed by atoms with Gasteiger partial charge in [0.2, 0.25) is 11.8 Å². The maximum atomic E-state index is 12.4. The molecule has 8 heteroatoms. The number of aromatic nitrogens is 2. The van der Waals surface area contributed by atoms with Gasteiger partial charge in [0.05, 0.1) is 30.2 Å². The molecule has 0 saturated carbocycles. The zero-order chi connectivity index (χ0) is 20.4. The number of nitrogens with zero attached hydrogens (tertiary/aromatic N) is 4. The third-order valence-corrected chi connectivity index (χ3v) is 6.99. The van der Waals surface area contributed by atoms with Crippen LogP contribution in [0.4, 0.5) is 5.69 Å². The third-order valence-electron chi connectivity index (χ3n) is 6.99. The number of amides is 2. The fourth-order valence-corrected chi connectivity index (χ4v) is 4.91. The normalized spacial score (nSPS) is 25.0. The van der Waals surface area contributed by atoms with Crippen LogP contribution >= 0.6 is 0 Å². The summed E-state index contributed by atoms with van der Waals surface area (Å²) >= 11 is 0. The maximum absolute atomic E-state index is 12.4. The van der Waals surface area contributed by atoms with E-state index in [2.05, 4.69) is 15.3 Å².